The number of halogens is 2. The van der Waals surface area contributed by atoms with Crippen LogP contribution in [0.3, 0.4) is 0 Å². The molecular formula is C23H20F2N4O5S. The number of amides is 2. The van der Waals surface area contributed by atoms with E-state index in [0.717, 1.165) is 28.4 Å². The SMILES string of the molecule is O=C(C(c1ccccc1)N1CCC1=O)N1Cc2cn(S(=O)(=O)c3ccc(OC(F)F)cc3)nc2C1. The smallest absolute Gasteiger partial charge is 0.387 e. The van der Waals surface area contributed by atoms with Crippen LogP contribution >= 0.6 is 0 Å². The Morgan fingerprint density at radius 1 is 1.03 bits per heavy atom. The summed E-state index contributed by atoms with van der Waals surface area (Å²) in [5.74, 6) is -0.513. The fourth-order valence-electron chi connectivity index (χ4n) is 4.18. The molecule has 1 unspecified atom stereocenters. The quantitative estimate of drug-likeness (QED) is 0.460. The number of carbonyl (C=O) groups excluding carboxylic acids is 2. The van der Waals surface area contributed by atoms with Gasteiger partial charge in [-0.25, -0.2) is 0 Å². The fraction of sp³-hybridized carbons (Fsp3) is 0.261. The Morgan fingerprint density at radius 3 is 2.31 bits per heavy atom. The van der Waals surface area contributed by atoms with Crippen molar-refractivity contribution in [2.24, 2.45) is 0 Å². The molecule has 2 amide bonds. The first kappa shape index (κ1) is 23.0. The van der Waals surface area contributed by atoms with E-state index in [2.05, 4.69) is 9.84 Å². The fourth-order valence-corrected chi connectivity index (χ4v) is 5.34. The average molecular weight is 502 g/mol. The highest BCUT2D eigenvalue weighted by atomic mass is 32.2. The Kier molecular flexibility index (Phi) is 5.75. The molecule has 12 heteroatoms. The van der Waals surface area contributed by atoms with Crippen LogP contribution in [0.25, 0.3) is 0 Å². The molecule has 0 aliphatic carbocycles. The number of carbonyl (C=O) groups is 2. The molecule has 9 nitrogen and oxygen atoms in total. The lowest BCUT2D eigenvalue weighted by atomic mass is 10.00. The number of likely N-dealkylation sites (tertiary alicyclic amines) is 1. The molecule has 3 aromatic rings. The van der Waals surface area contributed by atoms with Gasteiger partial charge in [0.05, 0.1) is 17.1 Å². The van der Waals surface area contributed by atoms with Gasteiger partial charge in [-0.2, -0.15) is 26.4 Å². The van der Waals surface area contributed by atoms with Crippen LogP contribution in [0.15, 0.2) is 65.7 Å². The van der Waals surface area contributed by atoms with Crippen molar-refractivity contribution < 1.29 is 31.5 Å². The van der Waals surface area contributed by atoms with E-state index in [9.17, 15) is 26.8 Å². The lowest BCUT2D eigenvalue weighted by molar-refractivity contribution is -0.153. The van der Waals surface area contributed by atoms with Gasteiger partial charge in [-0.15, -0.1) is 0 Å². The van der Waals surface area contributed by atoms with Crippen LogP contribution < -0.4 is 4.74 Å². The van der Waals surface area contributed by atoms with Gasteiger partial charge in [0.2, 0.25) is 5.91 Å². The van der Waals surface area contributed by atoms with Gasteiger partial charge in [0.25, 0.3) is 15.9 Å². The Labute approximate surface area is 199 Å². The first-order valence-corrected chi connectivity index (χ1v) is 12.2. The highest BCUT2D eigenvalue weighted by Gasteiger charge is 2.40. The number of fused-ring (bicyclic) bond motifs is 1. The van der Waals surface area contributed by atoms with Crippen molar-refractivity contribution in [1.82, 2.24) is 19.0 Å². The van der Waals surface area contributed by atoms with E-state index in [-0.39, 0.29) is 35.5 Å². The lowest BCUT2D eigenvalue weighted by Crippen LogP contribution is -2.51. The summed E-state index contributed by atoms with van der Waals surface area (Å²) in [4.78, 5) is 28.5. The van der Waals surface area contributed by atoms with Gasteiger partial charge in [0.15, 0.2) is 0 Å². The van der Waals surface area contributed by atoms with Crippen molar-refractivity contribution in [2.45, 2.75) is 37.1 Å². The molecule has 182 valence electrons. The van der Waals surface area contributed by atoms with Gasteiger partial charge in [-0.05, 0) is 29.8 Å². The molecule has 2 aromatic carbocycles. The number of benzene rings is 2. The third-order valence-corrected chi connectivity index (χ3v) is 7.56. The van der Waals surface area contributed by atoms with E-state index in [1.165, 1.54) is 6.20 Å². The van der Waals surface area contributed by atoms with E-state index >= 15 is 0 Å². The summed E-state index contributed by atoms with van der Waals surface area (Å²) in [6.45, 7) is -2.27. The van der Waals surface area contributed by atoms with Crippen LogP contribution in [0.4, 0.5) is 8.78 Å². The van der Waals surface area contributed by atoms with Crippen LogP contribution in [0.5, 0.6) is 5.75 Å². The summed E-state index contributed by atoms with van der Waals surface area (Å²) in [5, 5.41) is 4.17. The number of nitrogens with zero attached hydrogens (tertiary/aromatic N) is 4. The molecule has 35 heavy (non-hydrogen) atoms. The third-order valence-electron chi connectivity index (χ3n) is 6.01. The van der Waals surface area contributed by atoms with E-state index in [0.29, 0.717) is 29.8 Å². The number of alkyl halides is 2. The maximum atomic E-state index is 13.4. The normalized spacial score (nSPS) is 16.3. The van der Waals surface area contributed by atoms with Crippen molar-refractivity contribution in [1.29, 1.82) is 0 Å². The first-order chi connectivity index (χ1) is 16.7. The highest BCUT2D eigenvalue weighted by molar-refractivity contribution is 7.89. The van der Waals surface area contributed by atoms with E-state index < -0.39 is 22.7 Å². The minimum absolute atomic E-state index is 0.0922. The number of β-lactam (4-membered cyclic amide) rings is 1. The number of hydrogen-bond donors (Lipinski definition) is 0. The van der Waals surface area contributed by atoms with Gasteiger partial charge >= 0.3 is 6.61 Å². The predicted octanol–water partition coefficient (Wildman–Crippen LogP) is 2.54. The van der Waals surface area contributed by atoms with Crippen LogP contribution in [-0.2, 0) is 32.7 Å². The summed E-state index contributed by atoms with van der Waals surface area (Å²) in [6.07, 6.45) is 1.74. The summed E-state index contributed by atoms with van der Waals surface area (Å²) in [7, 11) is -4.07. The summed E-state index contributed by atoms with van der Waals surface area (Å²) in [5.41, 5.74) is 1.71. The zero-order chi connectivity index (χ0) is 24.7. The van der Waals surface area contributed by atoms with Gasteiger partial charge in [0, 0.05) is 31.3 Å². The molecular weight excluding hydrogens is 482 g/mol. The maximum Gasteiger partial charge on any atom is 0.387 e. The summed E-state index contributed by atoms with van der Waals surface area (Å²) in [6, 6.07) is 12.9. The van der Waals surface area contributed by atoms with E-state index in [1.807, 2.05) is 6.07 Å². The monoisotopic (exact) mass is 502 g/mol. The maximum absolute atomic E-state index is 13.4. The molecule has 1 aromatic heterocycles. The molecule has 0 N–H and O–H groups in total. The second-order valence-corrected chi connectivity index (χ2v) is 9.97. The molecule has 3 heterocycles. The molecule has 0 radical (unpaired) electrons. The van der Waals surface area contributed by atoms with Gasteiger partial charge < -0.3 is 14.5 Å². The van der Waals surface area contributed by atoms with Gasteiger partial charge in [-0.3, -0.25) is 9.59 Å². The third kappa shape index (κ3) is 4.25. The number of ether oxygens (including phenoxy) is 1. The Balaban J connectivity index is 1.34. The Morgan fingerprint density at radius 2 is 1.74 bits per heavy atom. The zero-order valence-electron chi connectivity index (χ0n) is 18.3. The standard InChI is InChI=1S/C23H20F2N4O5S/c24-23(25)34-17-6-8-18(9-7-17)35(32,33)29-13-16-12-27(14-19(16)26-29)22(31)21(28-11-10-20(28)30)15-4-2-1-3-5-15/h1-9,13,21,23H,10-12,14H2. The van der Waals surface area contributed by atoms with Crippen molar-refractivity contribution in [3.8, 4) is 5.75 Å². The van der Waals surface area contributed by atoms with E-state index in [1.54, 1.807) is 34.1 Å². The highest BCUT2D eigenvalue weighted by Crippen LogP contribution is 2.32. The summed E-state index contributed by atoms with van der Waals surface area (Å²) >= 11 is 0. The predicted molar refractivity (Wildman–Crippen MR) is 118 cm³/mol. The Bertz CT molecular complexity index is 1350. The van der Waals surface area contributed by atoms with Crippen molar-refractivity contribution >= 4 is 21.8 Å². The van der Waals surface area contributed by atoms with Crippen LogP contribution in [0.2, 0.25) is 0 Å². The number of rotatable bonds is 7. The van der Waals surface area contributed by atoms with Gasteiger partial charge in [-0.1, -0.05) is 30.3 Å². The van der Waals surface area contributed by atoms with Crippen LogP contribution in [0.1, 0.15) is 29.3 Å². The number of hydrogen-bond acceptors (Lipinski definition) is 6. The van der Waals surface area contributed by atoms with Crippen LogP contribution in [0, 0.1) is 0 Å². The average Bonchev–Trinajstić information content (AvgIpc) is 3.42. The van der Waals surface area contributed by atoms with Gasteiger partial charge in [0.1, 0.15) is 11.8 Å². The molecule has 1 fully saturated rings. The summed E-state index contributed by atoms with van der Waals surface area (Å²) < 4.78 is 55.6. The molecule has 1 atom stereocenters. The molecule has 0 bridgehead atoms. The van der Waals surface area contributed by atoms with Crippen molar-refractivity contribution in [3.05, 3.63) is 77.6 Å². The molecule has 0 saturated carbocycles. The molecule has 1 saturated heterocycles. The van der Waals surface area contributed by atoms with Crippen molar-refractivity contribution in [3.63, 3.8) is 0 Å². The zero-order valence-corrected chi connectivity index (χ0v) is 19.1. The second-order valence-electron chi connectivity index (χ2n) is 8.17. The molecule has 0 spiro atoms. The first-order valence-electron chi connectivity index (χ1n) is 10.7. The topological polar surface area (TPSA) is 102 Å². The molecule has 5 rings (SSSR count). The Hall–Kier alpha value is -3.80. The lowest BCUT2D eigenvalue weighted by Gasteiger charge is -2.39. The van der Waals surface area contributed by atoms with E-state index in [4.69, 9.17) is 0 Å². The molecule has 2 aliphatic heterocycles. The minimum atomic E-state index is -4.07. The number of aromatic nitrogens is 2. The second kappa shape index (κ2) is 8.77. The minimum Gasteiger partial charge on any atom is -0.435 e. The van der Waals surface area contributed by atoms with Crippen LogP contribution in [-0.4, -0.2) is 52.4 Å². The van der Waals surface area contributed by atoms with Crippen molar-refractivity contribution in [2.75, 3.05) is 6.54 Å². The molecule has 2 aliphatic rings. The largest absolute Gasteiger partial charge is 0.435 e.